The third-order valence-corrected chi connectivity index (χ3v) is 5.38. The van der Waals surface area contributed by atoms with Crippen LogP contribution < -0.4 is 10.1 Å². The summed E-state index contributed by atoms with van der Waals surface area (Å²) in [5.74, 6) is 1.73. The maximum atomic E-state index is 12.7. The Kier molecular flexibility index (Phi) is 6.99. The molecule has 2 heterocycles. The summed E-state index contributed by atoms with van der Waals surface area (Å²) in [6.07, 6.45) is 0. The highest BCUT2D eigenvalue weighted by molar-refractivity contribution is 5.91. The third-order valence-electron chi connectivity index (χ3n) is 5.38. The molecule has 1 aliphatic rings. The molecule has 3 rings (SSSR count). The van der Waals surface area contributed by atoms with E-state index >= 15 is 0 Å². The Bertz CT molecular complexity index is 854. The number of aryl methyl sites for hydroxylation is 1. The number of nitrogens with zero attached hydrogens (tertiary/aromatic N) is 3. The first-order valence-corrected chi connectivity index (χ1v) is 10.1. The molecule has 1 fully saturated rings. The zero-order valence-corrected chi connectivity index (χ0v) is 18.1. The smallest absolute Gasteiger partial charge is 0.317 e. The molecule has 1 N–H and O–H groups in total. The van der Waals surface area contributed by atoms with Gasteiger partial charge in [-0.25, -0.2) is 4.79 Å². The number of amides is 3. The molecule has 1 unspecified atom stereocenters. The van der Waals surface area contributed by atoms with Gasteiger partial charge < -0.3 is 29.2 Å². The Morgan fingerprint density at radius 3 is 2.23 bits per heavy atom. The molecule has 1 aromatic carbocycles. The standard InChI is InChI=1S/C22H30N4O4/c1-16-5-10-20(30-16)21(27)25-11-13-26(14-12-25)22(28)23-15-19(24(2)3)17-6-8-18(29-4)9-7-17/h5-10,19H,11-15H2,1-4H3,(H,23,28). The van der Waals surface area contributed by atoms with Gasteiger partial charge in [0, 0.05) is 32.7 Å². The fourth-order valence-corrected chi connectivity index (χ4v) is 3.54. The first-order valence-electron chi connectivity index (χ1n) is 10.1. The summed E-state index contributed by atoms with van der Waals surface area (Å²) in [5, 5.41) is 3.03. The lowest BCUT2D eigenvalue weighted by molar-refractivity contribution is 0.0632. The fourth-order valence-electron chi connectivity index (χ4n) is 3.54. The molecule has 8 heteroatoms. The molecule has 8 nitrogen and oxygen atoms in total. The topological polar surface area (TPSA) is 78.3 Å². The van der Waals surface area contributed by atoms with Gasteiger partial charge in [-0.1, -0.05) is 12.1 Å². The van der Waals surface area contributed by atoms with Crippen molar-refractivity contribution >= 4 is 11.9 Å². The molecule has 3 amide bonds. The number of hydrogen-bond donors (Lipinski definition) is 1. The Morgan fingerprint density at radius 2 is 1.70 bits per heavy atom. The van der Waals surface area contributed by atoms with Crippen molar-refractivity contribution in [1.82, 2.24) is 20.0 Å². The van der Waals surface area contributed by atoms with E-state index in [-0.39, 0.29) is 18.0 Å². The molecule has 2 aromatic rings. The lowest BCUT2D eigenvalue weighted by Crippen LogP contribution is -2.53. The van der Waals surface area contributed by atoms with Gasteiger partial charge in [0.1, 0.15) is 11.5 Å². The van der Waals surface area contributed by atoms with Crippen LogP contribution in [0, 0.1) is 6.92 Å². The van der Waals surface area contributed by atoms with Crippen LogP contribution in [-0.2, 0) is 0 Å². The number of ether oxygens (including phenoxy) is 1. The molecule has 0 saturated carbocycles. The van der Waals surface area contributed by atoms with E-state index in [9.17, 15) is 9.59 Å². The van der Waals surface area contributed by atoms with Gasteiger partial charge >= 0.3 is 6.03 Å². The van der Waals surface area contributed by atoms with Crippen LogP contribution in [0.1, 0.15) is 27.9 Å². The number of urea groups is 1. The minimum absolute atomic E-state index is 0.0462. The molecule has 0 radical (unpaired) electrons. The molecular weight excluding hydrogens is 384 g/mol. The number of hydrogen-bond acceptors (Lipinski definition) is 5. The van der Waals surface area contributed by atoms with E-state index in [1.807, 2.05) is 45.3 Å². The molecule has 1 atom stereocenters. The van der Waals surface area contributed by atoms with Gasteiger partial charge in [-0.15, -0.1) is 0 Å². The minimum Gasteiger partial charge on any atom is -0.497 e. The molecule has 1 aromatic heterocycles. The summed E-state index contributed by atoms with van der Waals surface area (Å²) in [7, 11) is 5.62. The number of methoxy groups -OCH3 is 1. The van der Waals surface area contributed by atoms with E-state index in [0.717, 1.165) is 11.3 Å². The van der Waals surface area contributed by atoms with E-state index in [1.165, 1.54) is 0 Å². The van der Waals surface area contributed by atoms with Gasteiger partial charge in [0.2, 0.25) is 0 Å². The van der Waals surface area contributed by atoms with E-state index in [0.29, 0.717) is 44.2 Å². The first-order chi connectivity index (χ1) is 14.4. The van der Waals surface area contributed by atoms with Gasteiger partial charge in [0.25, 0.3) is 5.91 Å². The number of carbonyl (C=O) groups is 2. The first kappa shape index (κ1) is 21.7. The second-order valence-electron chi connectivity index (χ2n) is 7.63. The lowest BCUT2D eigenvalue weighted by Gasteiger charge is -2.35. The summed E-state index contributed by atoms with van der Waals surface area (Å²) >= 11 is 0. The Labute approximate surface area is 177 Å². The van der Waals surface area contributed by atoms with Gasteiger partial charge in [-0.2, -0.15) is 0 Å². The van der Waals surface area contributed by atoms with Crippen molar-refractivity contribution in [2.24, 2.45) is 0 Å². The van der Waals surface area contributed by atoms with Crippen molar-refractivity contribution in [2.75, 3.05) is 53.9 Å². The molecule has 0 aliphatic carbocycles. The fraction of sp³-hybridized carbons (Fsp3) is 0.455. The maximum Gasteiger partial charge on any atom is 0.317 e. The van der Waals surface area contributed by atoms with Gasteiger partial charge in [0.15, 0.2) is 5.76 Å². The van der Waals surface area contributed by atoms with E-state index < -0.39 is 0 Å². The quantitative estimate of drug-likeness (QED) is 0.785. The van der Waals surface area contributed by atoms with Crippen LogP contribution in [-0.4, -0.2) is 80.6 Å². The Morgan fingerprint density at radius 1 is 1.07 bits per heavy atom. The number of nitrogens with one attached hydrogen (secondary N) is 1. The highest BCUT2D eigenvalue weighted by Crippen LogP contribution is 2.21. The monoisotopic (exact) mass is 414 g/mol. The average molecular weight is 415 g/mol. The lowest BCUT2D eigenvalue weighted by atomic mass is 10.1. The van der Waals surface area contributed by atoms with Crippen molar-refractivity contribution < 1.29 is 18.7 Å². The van der Waals surface area contributed by atoms with Crippen molar-refractivity contribution in [2.45, 2.75) is 13.0 Å². The zero-order chi connectivity index (χ0) is 21.7. The number of rotatable bonds is 6. The number of benzene rings is 1. The molecule has 1 aliphatic heterocycles. The van der Waals surface area contributed by atoms with Crippen LogP contribution in [0.25, 0.3) is 0 Å². The summed E-state index contributed by atoms with van der Waals surface area (Å²) in [6, 6.07) is 11.3. The highest BCUT2D eigenvalue weighted by Gasteiger charge is 2.27. The largest absolute Gasteiger partial charge is 0.497 e. The summed E-state index contributed by atoms with van der Waals surface area (Å²) < 4.78 is 10.6. The number of piperazine rings is 1. The predicted octanol–water partition coefficient (Wildman–Crippen LogP) is 2.37. The van der Waals surface area contributed by atoms with Gasteiger partial charge in [-0.3, -0.25) is 4.79 Å². The predicted molar refractivity (Wildman–Crippen MR) is 114 cm³/mol. The van der Waals surface area contributed by atoms with E-state index in [4.69, 9.17) is 9.15 Å². The van der Waals surface area contributed by atoms with Gasteiger partial charge in [-0.05, 0) is 50.8 Å². The van der Waals surface area contributed by atoms with Crippen LogP contribution in [0.3, 0.4) is 0 Å². The van der Waals surface area contributed by atoms with Crippen LogP contribution in [0.15, 0.2) is 40.8 Å². The van der Waals surface area contributed by atoms with Crippen LogP contribution in [0.5, 0.6) is 5.75 Å². The maximum absolute atomic E-state index is 12.7. The highest BCUT2D eigenvalue weighted by atomic mass is 16.5. The zero-order valence-electron chi connectivity index (χ0n) is 18.1. The third kappa shape index (κ3) is 5.13. The van der Waals surface area contributed by atoms with Crippen molar-refractivity contribution in [3.8, 4) is 5.75 Å². The van der Waals surface area contributed by atoms with Gasteiger partial charge in [0.05, 0.1) is 13.2 Å². The SMILES string of the molecule is COc1ccc(C(CNC(=O)N2CCN(C(=O)c3ccc(C)o3)CC2)N(C)C)cc1. The summed E-state index contributed by atoms with van der Waals surface area (Å²) in [4.78, 5) is 30.7. The van der Waals surface area contributed by atoms with Crippen LogP contribution in [0.2, 0.25) is 0 Å². The summed E-state index contributed by atoms with van der Waals surface area (Å²) in [6.45, 7) is 4.26. The number of likely N-dealkylation sites (N-methyl/N-ethyl adjacent to an activating group) is 1. The molecule has 30 heavy (non-hydrogen) atoms. The number of carbonyl (C=O) groups excluding carboxylic acids is 2. The molecule has 0 bridgehead atoms. The van der Waals surface area contributed by atoms with Crippen molar-refractivity contribution in [3.63, 3.8) is 0 Å². The van der Waals surface area contributed by atoms with Crippen LogP contribution >= 0.6 is 0 Å². The Balaban J connectivity index is 1.51. The Hall–Kier alpha value is -3.00. The average Bonchev–Trinajstić information content (AvgIpc) is 3.20. The van der Waals surface area contributed by atoms with E-state index in [1.54, 1.807) is 29.0 Å². The van der Waals surface area contributed by atoms with E-state index in [2.05, 4.69) is 10.2 Å². The normalized spacial score (nSPS) is 15.2. The second kappa shape index (κ2) is 9.67. The minimum atomic E-state index is -0.129. The summed E-state index contributed by atoms with van der Waals surface area (Å²) in [5.41, 5.74) is 1.10. The molecule has 0 spiro atoms. The van der Waals surface area contributed by atoms with Crippen LogP contribution in [0.4, 0.5) is 4.79 Å². The molecule has 162 valence electrons. The number of furan rings is 1. The molecule has 1 saturated heterocycles. The molecular formula is C22H30N4O4. The second-order valence-corrected chi connectivity index (χ2v) is 7.63. The van der Waals surface area contributed by atoms with Crippen molar-refractivity contribution in [1.29, 1.82) is 0 Å². The van der Waals surface area contributed by atoms with Crippen molar-refractivity contribution in [3.05, 3.63) is 53.5 Å².